The molecule has 0 N–H and O–H groups in total. The van der Waals surface area contributed by atoms with E-state index in [-0.39, 0.29) is 5.41 Å². The molecule has 7 aromatic rings. The highest BCUT2D eigenvalue weighted by atomic mass is 15.2. The van der Waals surface area contributed by atoms with Crippen molar-refractivity contribution in [3.8, 4) is 33.4 Å². The predicted octanol–water partition coefficient (Wildman–Crippen LogP) is 11.8. The van der Waals surface area contributed by atoms with Gasteiger partial charge in [0.1, 0.15) is 0 Å². The highest BCUT2D eigenvalue weighted by molar-refractivity contribution is 5.99. The zero-order valence-electron chi connectivity index (χ0n) is 26.5. The summed E-state index contributed by atoms with van der Waals surface area (Å²) in [5, 5.41) is 0. The van der Waals surface area contributed by atoms with Crippen LogP contribution in [-0.4, -0.2) is 0 Å². The minimum absolute atomic E-state index is 0.0687. The highest BCUT2D eigenvalue weighted by Gasteiger charge is 2.52. The molecule has 7 aromatic carbocycles. The lowest BCUT2D eigenvalue weighted by Crippen LogP contribution is -2.36. The van der Waals surface area contributed by atoms with Gasteiger partial charge < -0.3 is 4.90 Å². The largest absolute Gasteiger partial charge is 0.310 e. The van der Waals surface area contributed by atoms with Gasteiger partial charge in [-0.15, -0.1) is 0 Å². The summed E-state index contributed by atoms with van der Waals surface area (Å²) in [5.74, 6) is 0. The fourth-order valence-electron chi connectivity index (χ4n) is 9.13. The first-order valence-electron chi connectivity index (χ1n) is 16.6. The molecular weight excluding hydrogens is 567 g/mol. The quantitative estimate of drug-likeness (QED) is 0.191. The molecule has 1 aliphatic heterocycles. The zero-order chi connectivity index (χ0) is 31.3. The summed E-state index contributed by atoms with van der Waals surface area (Å²) in [7, 11) is 0. The first-order valence-corrected chi connectivity index (χ1v) is 16.6. The second kappa shape index (κ2) is 9.44. The summed E-state index contributed by atoms with van der Waals surface area (Å²) < 4.78 is 0. The van der Waals surface area contributed by atoms with Gasteiger partial charge >= 0.3 is 0 Å². The number of benzene rings is 7. The molecule has 1 heteroatoms. The lowest BCUT2D eigenvalue weighted by atomic mass is 9.63. The second-order valence-electron chi connectivity index (χ2n) is 13.7. The monoisotopic (exact) mass is 599 g/mol. The number of fused-ring (bicyclic) bond motifs is 12. The van der Waals surface area contributed by atoms with Crippen molar-refractivity contribution >= 4 is 17.1 Å². The minimum atomic E-state index is -0.488. The summed E-state index contributed by atoms with van der Waals surface area (Å²) >= 11 is 0. The van der Waals surface area contributed by atoms with E-state index in [1.807, 2.05) is 0 Å². The molecule has 2 aliphatic carbocycles. The molecule has 47 heavy (non-hydrogen) atoms. The van der Waals surface area contributed by atoms with Crippen LogP contribution < -0.4 is 4.90 Å². The van der Waals surface area contributed by atoms with Crippen LogP contribution in [0.5, 0.6) is 0 Å². The SMILES string of the molecule is CC1(C)c2ccccc2-c2ccc(-c3cccc4c3C3(c5ccccc5-4)c4ccccc4N(c4ccccc4)c4ccccc43)cc21. The topological polar surface area (TPSA) is 3.24 Å². The molecule has 222 valence electrons. The number of hydrogen-bond acceptors (Lipinski definition) is 1. The summed E-state index contributed by atoms with van der Waals surface area (Å²) in [6, 6.07) is 61.2. The van der Waals surface area contributed by atoms with Gasteiger partial charge in [0.25, 0.3) is 0 Å². The van der Waals surface area contributed by atoms with Crippen molar-refractivity contribution in [3.63, 3.8) is 0 Å². The van der Waals surface area contributed by atoms with Crippen LogP contribution >= 0.6 is 0 Å². The van der Waals surface area contributed by atoms with Gasteiger partial charge in [0, 0.05) is 11.1 Å². The Hall–Kier alpha value is -5.66. The third kappa shape index (κ3) is 3.34. The summed E-state index contributed by atoms with van der Waals surface area (Å²) in [4.78, 5) is 2.45. The Morgan fingerprint density at radius 2 is 0.894 bits per heavy atom. The molecule has 0 bridgehead atoms. The van der Waals surface area contributed by atoms with Gasteiger partial charge in [-0.05, 0) is 97.1 Å². The maximum Gasteiger partial charge on any atom is 0.0760 e. The average molecular weight is 600 g/mol. The van der Waals surface area contributed by atoms with E-state index >= 15 is 0 Å². The third-order valence-electron chi connectivity index (χ3n) is 11.1. The third-order valence-corrected chi connectivity index (χ3v) is 11.1. The van der Waals surface area contributed by atoms with Crippen molar-refractivity contribution in [3.05, 3.63) is 197 Å². The van der Waals surface area contributed by atoms with Gasteiger partial charge in [-0.25, -0.2) is 0 Å². The Bertz CT molecular complexity index is 2350. The molecule has 0 unspecified atom stereocenters. The van der Waals surface area contributed by atoms with E-state index in [0.29, 0.717) is 0 Å². The first-order chi connectivity index (χ1) is 23.1. The van der Waals surface area contributed by atoms with Gasteiger partial charge in [0.2, 0.25) is 0 Å². The van der Waals surface area contributed by atoms with Crippen LogP contribution in [0, 0.1) is 0 Å². The zero-order valence-corrected chi connectivity index (χ0v) is 26.5. The Kier molecular flexibility index (Phi) is 5.33. The molecule has 0 fully saturated rings. The van der Waals surface area contributed by atoms with Crippen molar-refractivity contribution in [1.82, 2.24) is 0 Å². The number of para-hydroxylation sites is 3. The van der Waals surface area contributed by atoms with E-state index in [9.17, 15) is 0 Å². The van der Waals surface area contributed by atoms with E-state index in [4.69, 9.17) is 0 Å². The van der Waals surface area contributed by atoms with Crippen molar-refractivity contribution in [1.29, 1.82) is 0 Å². The molecule has 10 rings (SSSR count). The van der Waals surface area contributed by atoms with Gasteiger partial charge in [-0.2, -0.15) is 0 Å². The van der Waals surface area contributed by atoms with Crippen molar-refractivity contribution in [2.75, 3.05) is 4.90 Å². The second-order valence-corrected chi connectivity index (χ2v) is 13.7. The average Bonchev–Trinajstić information content (AvgIpc) is 3.55. The van der Waals surface area contributed by atoms with E-state index < -0.39 is 5.41 Å². The number of rotatable bonds is 2. The molecule has 0 aromatic heterocycles. The standard InChI is InChI=1S/C46H33N/c1-45(2)37-21-8-6-17-33(37)35-28-27-30(29-41(35)45)32-19-14-20-36-34-18-7-9-22-38(34)46(44(32)36)39-23-10-12-25-42(39)47(31-15-4-3-5-16-31)43-26-13-11-24-40(43)46/h3-29H,1-2H3. The van der Waals surface area contributed by atoms with Gasteiger partial charge in [0.15, 0.2) is 0 Å². The Morgan fingerprint density at radius 1 is 0.383 bits per heavy atom. The molecule has 0 amide bonds. The first kappa shape index (κ1) is 26.5. The van der Waals surface area contributed by atoms with Crippen molar-refractivity contribution < 1.29 is 0 Å². The smallest absolute Gasteiger partial charge is 0.0760 e. The van der Waals surface area contributed by atoms with Crippen LogP contribution in [0.15, 0.2) is 164 Å². The van der Waals surface area contributed by atoms with Gasteiger partial charge in [-0.1, -0.05) is 147 Å². The summed E-state index contributed by atoms with van der Waals surface area (Å²) in [6.07, 6.45) is 0. The maximum atomic E-state index is 2.48. The number of nitrogens with zero attached hydrogens (tertiary/aromatic N) is 1. The Morgan fingerprint density at radius 3 is 1.60 bits per heavy atom. The molecule has 1 nitrogen and oxygen atoms in total. The summed E-state index contributed by atoms with van der Waals surface area (Å²) in [6.45, 7) is 4.75. The van der Waals surface area contributed by atoms with Crippen LogP contribution in [0.3, 0.4) is 0 Å². The number of hydrogen-bond donors (Lipinski definition) is 0. The van der Waals surface area contributed by atoms with Crippen molar-refractivity contribution in [2.24, 2.45) is 0 Å². The van der Waals surface area contributed by atoms with E-state index in [1.54, 1.807) is 0 Å². The fraction of sp³-hybridized carbons (Fsp3) is 0.0870. The van der Waals surface area contributed by atoms with E-state index in [1.165, 1.54) is 83.8 Å². The van der Waals surface area contributed by atoms with Crippen LogP contribution in [0.1, 0.15) is 47.2 Å². The molecule has 0 radical (unpaired) electrons. The molecule has 3 aliphatic rings. The van der Waals surface area contributed by atoms with E-state index in [0.717, 1.165) is 0 Å². The van der Waals surface area contributed by atoms with Crippen LogP contribution in [0.4, 0.5) is 17.1 Å². The highest BCUT2D eigenvalue weighted by Crippen LogP contribution is 2.65. The lowest BCUT2D eigenvalue weighted by molar-refractivity contribution is 0.660. The Labute approximate surface area is 276 Å². The van der Waals surface area contributed by atoms with Gasteiger partial charge in [-0.3, -0.25) is 0 Å². The molecule has 0 atom stereocenters. The molecule has 1 spiro atoms. The fourth-order valence-corrected chi connectivity index (χ4v) is 9.13. The van der Waals surface area contributed by atoms with Crippen LogP contribution in [0.2, 0.25) is 0 Å². The van der Waals surface area contributed by atoms with E-state index in [2.05, 4.69) is 183 Å². The predicted molar refractivity (Wildman–Crippen MR) is 195 cm³/mol. The Balaban J connectivity index is 1.31. The minimum Gasteiger partial charge on any atom is -0.310 e. The lowest BCUT2D eigenvalue weighted by Gasteiger charge is -2.45. The van der Waals surface area contributed by atoms with Gasteiger partial charge in [0.05, 0.1) is 16.8 Å². The number of anilines is 3. The van der Waals surface area contributed by atoms with Crippen LogP contribution in [0.25, 0.3) is 33.4 Å². The normalized spacial score (nSPS) is 15.3. The van der Waals surface area contributed by atoms with Crippen molar-refractivity contribution in [2.45, 2.75) is 24.7 Å². The maximum absolute atomic E-state index is 2.48. The molecular formula is C46H33N. The molecule has 0 saturated carbocycles. The summed E-state index contributed by atoms with van der Waals surface area (Å²) in [5.41, 5.74) is 19.1. The molecule has 0 saturated heterocycles. The molecule has 1 heterocycles. The van der Waals surface area contributed by atoms with Crippen LogP contribution in [-0.2, 0) is 10.8 Å².